The van der Waals surface area contributed by atoms with Crippen LogP contribution in [0.1, 0.15) is 21.8 Å². The van der Waals surface area contributed by atoms with Crippen LogP contribution in [0.4, 0.5) is 11.4 Å². The van der Waals surface area contributed by atoms with Crippen LogP contribution < -0.4 is 5.32 Å². The third-order valence-corrected chi connectivity index (χ3v) is 3.71. The Balaban J connectivity index is 1.92. The molecule has 7 heteroatoms. The fourth-order valence-electron chi connectivity index (χ4n) is 2.34. The molecule has 0 spiro atoms. The first-order valence-corrected chi connectivity index (χ1v) is 7.04. The summed E-state index contributed by atoms with van der Waals surface area (Å²) >= 11 is 5.95. The van der Waals surface area contributed by atoms with Gasteiger partial charge in [-0.3, -0.25) is 9.79 Å². The van der Waals surface area contributed by atoms with Gasteiger partial charge in [0.1, 0.15) is 17.2 Å². The van der Waals surface area contributed by atoms with Gasteiger partial charge in [-0.2, -0.15) is 0 Å². The summed E-state index contributed by atoms with van der Waals surface area (Å²) in [5.74, 6) is -2.43. The second-order valence-electron chi connectivity index (χ2n) is 4.98. The van der Waals surface area contributed by atoms with Crippen LogP contribution in [0.5, 0.6) is 5.75 Å². The zero-order valence-electron chi connectivity index (χ0n) is 11.7. The first-order chi connectivity index (χ1) is 11.0. The van der Waals surface area contributed by atoms with E-state index >= 15 is 0 Å². The predicted octanol–water partition coefficient (Wildman–Crippen LogP) is 3.18. The zero-order valence-corrected chi connectivity index (χ0v) is 12.4. The Kier molecular flexibility index (Phi) is 3.75. The summed E-state index contributed by atoms with van der Waals surface area (Å²) in [6.45, 7) is 0. The number of carboxylic acids is 1. The zero-order chi connectivity index (χ0) is 16.6. The largest absolute Gasteiger partial charge is 0.507 e. The van der Waals surface area contributed by atoms with Crippen molar-refractivity contribution >= 4 is 41.1 Å². The number of amides is 1. The van der Waals surface area contributed by atoms with Crippen molar-refractivity contribution in [1.82, 2.24) is 0 Å². The summed E-state index contributed by atoms with van der Waals surface area (Å²) in [7, 11) is 0. The van der Waals surface area contributed by atoms with Gasteiger partial charge in [0.05, 0.1) is 5.69 Å². The Hall–Kier alpha value is -2.86. The van der Waals surface area contributed by atoms with Crippen molar-refractivity contribution < 1.29 is 19.8 Å². The molecule has 1 heterocycles. The van der Waals surface area contributed by atoms with Crippen molar-refractivity contribution in [3.8, 4) is 5.75 Å². The number of carboxylic acid groups (broad SMARTS) is 1. The highest BCUT2D eigenvalue weighted by Crippen LogP contribution is 2.34. The molecule has 0 bridgehead atoms. The Labute approximate surface area is 136 Å². The number of anilines is 1. The second-order valence-corrected chi connectivity index (χ2v) is 5.42. The van der Waals surface area contributed by atoms with Gasteiger partial charge in [-0.1, -0.05) is 11.6 Å². The first kappa shape index (κ1) is 15.1. The molecule has 6 nitrogen and oxygen atoms in total. The summed E-state index contributed by atoms with van der Waals surface area (Å²) in [5, 5.41) is 21.7. The second kappa shape index (κ2) is 5.73. The van der Waals surface area contributed by atoms with Gasteiger partial charge >= 0.3 is 5.97 Å². The lowest BCUT2D eigenvalue weighted by Crippen LogP contribution is -2.12. The quantitative estimate of drug-likeness (QED) is 0.752. The standard InChI is InChI=1S/C16H11ClN2O4/c17-8-1-3-13-10(5-8)12(15(21)19-13)7-18-9-2-4-14(20)11(6-9)16(22)23/h1-7,12,20H,(H,19,21)(H,22,23). The van der Waals surface area contributed by atoms with Gasteiger partial charge in [0, 0.05) is 16.9 Å². The summed E-state index contributed by atoms with van der Waals surface area (Å²) in [6, 6.07) is 9.02. The fourth-order valence-corrected chi connectivity index (χ4v) is 2.52. The van der Waals surface area contributed by atoms with Crippen molar-refractivity contribution in [3.63, 3.8) is 0 Å². The molecule has 1 unspecified atom stereocenters. The van der Waals surface area contributed by atoms with Crippen LogP contribution in [0.15, 0.2) is 41.4 Å². The van der Waals surface area contributed by atoms with Crippen molar-refractivity contribution in [2.45, 2.75) is 5.92 Å². The molecule has 3 N–H and O–H groups in total. The van der Waals surface area contributed by atoms with Crippen molar-refractivity contribution in [1.29, 1.82) is 0 Å². The number of aliphatic imine (C=N–C) groups is 1. The highest BCUT2D eigenvalue weighted by atomic mass is 35.5. The van der Waals surface area contributed by atoms with E-state index < -0.39 is 11.9 Å². The molecule has 1 aliphatic heterocycles. The van der Waals surface area contributed by atoms with Gasteiger partial charge in [-0.15, -0.1) is 0 Å². The highest BCUT2D eigenvalue weighted by molar-refractivity contribution is 6.31. The number of fused-ring (bicyclic) bond motifs is 1. The van der Waals surface area contributed by atoms with Gasteiger partial charge in [-0.25, -0.2) is 4.79 Å². The van der Waals surface area contributed by atoms with Gasteiger partial charge in [0.25, 0.3) is 0 Å². The molecule has 0 saturated heterocycles. The summed E-state index contributed by atoms with van der Waals surface area (Å²) in [6.07, 6.45) is 1.43. The van der Waals surface area contributed by atoms with Crippen LogP contribution in [0.3, 0.4) is 0 Å². The third-order valence-electron chi connectivity index (χ3n) is 3.47. The summed E-state index contributed by atoms with van der Waals surface area (Å²) < 4.78 is 0. The maximum Gasteiger partial charge on any atom is 0.339 e. The lowest BCUT2D eigenvalue weighted by atomic mass is 10.0. The molecule has 1 amide bonds. The molecular formula is C16H11ClN2O4. The van der Waals surface area contributed by atoms with Gasteiger partial charge in [0.15, 0.2) is 0 Å². The minimum absolute atomic E-state index is 0.233. The number of nitrogens with zero attached hydrogens (tertiary/aromatic N) is 1. The molecule has 0 fully saturated rings. The van der Waals surface area contributed by atoms with Gasteiger partial charge in [-0.05, 0) is 42.0 Å². The average molecular weight is 331 g/mol. The number of rotatable bonds is 3. The number of aromatic hydroxyl groups is 1. The topological polar surface area (TPSA) is 99.0 Å². The number of hydrogen-bond donors (Lipinski definition) is 3. The van der Waals surface area contributed by atoms with E-state index in [1.54, 1.807) is 18.2 Å². The van der Waals surface area contributed by atoms with E-state index in [-0.39, 0.29) is 17.2 Å². The molecule has 2 aromatic carbocycles. The lowest BCUT2D eigenvalue weighted by Gasteiger charge is -2.04. The van der Waals surface area contributed by atoms with E-state index in [1.807, 2.05) is 0 Å². The van der Waals surface area contributed by atoms with Crippen molar-refractivity contribution in [3.05, 3.63) is 52.5 Å². The van der Waals surface area contributed by atoms with Crippen molar-refractivity contribution in [2.75, 3.05) is 5.32 Å². The predicted molar refractivity (Wildman–Crippen MR) is 86.0 cm³/mol. The molecule has 2 aromatic rings. The van der Waals surface area contributed by atoms with Crippen LogP contribution >= 0.6 is 11.6 Å². The highest BCUT2D eigenvalue weighted by Gasteiger charge is 2.29. The van der Waals surface area contributed by atoms with Crippen molar-refractivity contribution in [2.24, 2.45) is 4.99 Å². The molecule has 1 aliphatic rings. The molecule has 0 aromatic heterocycles. The SMILES string of the molecule is O=C(O)c1cc(N=CC2C(=O)Nc3ccc(Cl)cc32)ccc1O. The Morgan fingerprint density at radius 2 is 2.04 bits per heavy atom. The van der Waals surface area contributed by atoms with Crippen LogP contribution in [0.25, 0.3) is 0 Å². The molecule has 0 aliphatic carbocycles. The fraction of sp³-hybridized carbons (Fsp3) is 0.0625. The number of carbonyl (C=O) groups excluding carboxylic acids is 1. The maximum atomic E-state index is 12.0. The maximum absolute atomic E-state index is 12.0. The first-order valence-electron chi connectivity index (χ1n) is 6.66. The van der Waals surface area contributed by atoms with Gasteiger partial charge in [0.2, 0.25) is 5.91 Å². The Morgan fingerprint density at radius 1 is 1.26 bits per heavy atom. The molecule has 1 atom stereocenters. The minimum atomic E-state index is -1.25. The monoisotopic (exact) mass is 330 g/mol. The number of benzene rings is 2. The van der Waals surface area contributed by atoms with E-state index in [2.05, 4.69) is 10.3 Å². The van der Waals surface area contributed by atoms with E-state index in [4.69, 9.17) is 16.7 Å². The summed E-state index contributed by atoms with van der Waals surface area (Å²) in [5.41, 5.74) is 1.46. The Morgan fingerprint density at radius 3 is 2.78 bits per heavy atom. The van der Waals surface area contributed by atoms with Crippen LogP contribution in [-0.4, -0.2) is 28.3 Å². The average Bonchev–Trinajstić information content (AvgIpc) is 2.81. The molecule has 0 saturated carbocycles. The Bertz CT molecular complexity index is 848. The van der Waals surface area contributed by atoms with E-state index in [9.17, 15) is 14.7 Å². The molecule has 3 rings (SSSR count). The normalized spacial score (nSPS) is 16.4. The number of nitrogens with one attached hydrogen (secondary N) is 1. The summed E-state index contributed by atoms with van der Waals surface area (Å²) in [4.78, 5) is 27.2. The third kappa shape index (κ3) is 2.89. The number of halogens is 1. The van der Waals surface area contributed by atoms with E-state index in [1.165, 1.54) is 24.4 Å². The smallest absolute Gasteiger partial charge is 0.339 e. The van der Waals surface area contributed by atoms with Crippen LogP contribution in [0, 0.1) is 0 Å². The molecule has 23 heavy (non-hydrogen) atoms. The number of phenols is 1. The number of carbonyl (C=O) groups is 2. The minimum Gasteiger partial charge on any atom is -0.507 e. The molecule has 116 valence electrons. The molecule has 0 radical (unpaired) electrons. The number of aromatic carboxylic acids is 1. The lowest BCUT2D eigenvalue weighted by molar-refractivity contribution is -0.115. The molecular weight excluding hydrogens is 320 g/mol. The number of hydrogen-bond acceptors (Lipinski definition) is 4. The van der Waals surface area contributed by atoms with E-state index in [0.717, 1.165) is 0 Å². The van der Waals surface area contributed by atoms with E-state index in [0.29, 0.717) is 22.0 Å². The van der Waals surface area contributed by atoms with Crippen LogP contribution in [0.2, 0.25) is 5.02 Å². The van der Waals surface area contributed by atoms with Crippen LogP contribution in [-0.2, 0) is 4.79 Å². The van der Waals surface area contributed by atoms with Gasteiger partial charge < -0.3 is 15.5 Å².